The molecule has 84 valence electrons. The minimum atomic E-state index is -0.00701. The second kappa shape index (κ2) is 5.00. The molecule has 1 aromatic heterocycles. The SMILES string of the molecule is N#Cc1c(Cl)nc(Cl)nc1Nc1ccccc1. The lowest BCUT2D eigenvalue weighted by molar-refractivity contribution is 1.15. The third-order valence-corrected chi connectivity index (χ3v) is 2.43. The lowest BCUT2D eigenvalue weighted by Gasteiger charge is -2.07. The van der Waals surface area contributed by atoms with Gasteiger partial charge in [0.25, 0.3) is 0 Å². The second-order valence-corrected chi connectivity index (χ2v) is 3.81. The minimum Gasteiger partial charge on any atom is -0.339 e. The first-order valence-electron chi connectivity index (χ1n) is 4.66. The van der Waals surface area contributed by atoms with Crippen LogP contribution in [0, 0.1) is 11.3 Å². The maximum Gasteiger partial charge on any atom is 0.225 e. The number of hydrogen-bond donors (Lipinski definition) is 1. The van der Waals surface area contributed by atoms with Crippen LogP contribution in [0.1, 0.15) is 5.56 Å². The van der Waals surface area contributed by atoms with E-state index in [0.29, 0.717) is 5.82 Å². The van der Waals surface area contributed by atoms with Gasteiger partial charge in [0.1, 0.15) is 11.6 Å². The maximum atomic E-state index is 8.97. The molecule has 1 heterocycles. The van der Waals surface area contributed by atoms with Crippen molar-refractivity contribution in [2.75, 3.05) is 5.32 Å². The minimum absolute atomic E-state index is 0.00701. The largest absolute Gasteiger partial charge is 0.339 e. The number of anilines is 2. The highest BCUT2D eigenvalue weighted by Crippen LogP contribution is 2.24. The van der Waals surface area contributed by atoms with Crippen molar-refractivity contribution in [2.45, 2.75) is 0 Å². The molecule has 0 aliphatic carbocycles. The zero-order valence-corrected chi connectivity index (χ0v) is 10.00. The summed E-state index contributed by atoms with van der Waals surface area (Å²) in [6.07, 6.45) is 0. The Kier molecular flexibility index (Phi) is 3.43. The zero-order chi connectivity index (χ0) is 12.3. The van der Waals surface area contributed by atoms with Crippen LogP contribution in [-0.4, -0.2) is 9.97 Å². The smallest absolute Gasteiger partial charge is 0.225 e. The van der Waals surface area contributed by atoms with E-state index in [4.69, 9.17) is 28.5 Å². The Morgan fingerprint density at radius 3 is 2.47 bits per heavy atom. The molecule has 1 N–H and O–H groups in total. The van der Waals surface area contributed by atoms with Gasteiger partial charge in [0.2, 0.25) is 5.28 Å². The lowest BCUT2D eigenvalue weighted by Crippen LogP contribution is -1.99. The summed E-state index contributed by atoms with van der Waals surface area (Å²) in [4.78, 5) is 7.64. The van der Waals surface area contributed by atoms with Crippen LogP contribution in [0.2, 0.25) is 10.4 Å². The van der Waals surface area contributed by atoms with E-state index < -0.39 is 0 Å². The second-order valence-electron chi connectivity index (χ2n) is 3.11. The van der Waals surface area contributed by atoms with Crippen molar-refractivity contribution in [3.8, 4) is 6.07 Å². The molecule has 0 atom stereocenters. The molecule has 1 aromatic carbocycles. The van der Waals surface area contributed by atoms with Gasteiger partial charge in [-0.2, -0.15) is 10.2 Å². The van der Waals surface area contributed by atoms with Crippen LogP contribution < -0.4 is 5.32 Å². The summed E-state index contributed by atoms with van der Waals surface area (Å²) in [6.45, 7) is 0. The van der Waals surface area contributed by atoms with Gasteiger partial charge in [-0.15, -0.1) is 0 Å². The summed E-state index contributed by atoms with van der Waals surface area (Å²) in [6, 6.07) is 11.2. The van der Waals surface area contributed by atoms with Gasteiger partial charge in [0, 0.05) is 5.69 Å². The van der Waals surface area contributed by atoms with Crippen molar-refractivity contribution in [3.05, 3.63) is 46.3 Å². The molecule has 0 bridgehead atoms. The quantitative estimate of drug-likeness (QED) is 0.667. The normalized spacial score (nSPS) is 9.71. The topological polar surface area (TPSA) is 61.6 Å². The Morgan fingerprint density at radius 2 is 1.82 bits per heavy atom. The molecular formula is C11H6Cl2N4. The average Bonchev–Trinajstić information content (AvgIpc) is 2.30. The third kappa shape index (κ3) is 2.64. The molecule has 4 nitrogen and oxygen atoms in total. The van der Waals surface area contributed by atoms with E-state index in [-0.39, 0.29) is 16.0 Å². The molecule has 0 spiro atoms. The first-order chi connectivity index (χ1) is 8.20. The van der Waals surface area contributed by atoms with Crippen LogP contribution in [0.3, 0.4) is 0 Å². The van der Waals surface area contributed by atoms with Crippen molar-refractivity contribution >= 4 is 34.7 Å². The Labute approximate surface area is 108 Å². The van der Waals surface area contributed by atoms with Crippen LogP contribution >= 0.6 is 23.2 Å². The number of para-hydroxylation sites is 1. The first-order valence-corrected chi connectivity index (χ1v) is 5.41. The standard InChI is InChI=1S/C11H6Cl2N4/c12-9-8(6-14)10(17-11(13)16-9)15-7-4-2-1-3-5-7/h1-5H,(H,15,16,17). The molecule has 0 saturated heterocycles. The number of nitrogens with zero attached hydrogens (tertiary/aromatic N) is 3. The van der Waals surface area contributed by atoms with E-state index in [9.17, 15) is 0 Å². The molecule has 0 saturated carbocycles. The van der Waals surface area contributed by atoms with Crippen molar-refractivity contribution in [2.24, 2.45) is 0 Å². The number of aromatic nitrogens is 2. The predicted octanol–water partition coefficient (Wildman–Crippen LogP) is 3.40. The molecule has 0 fully saturated rings. The summed E-state index contributed by atoms with van der Waals surface area (Å²) in [5.74, 6) is 0.295. The first kappa shape index (κ1) is 11.6. The maximum absolute atomic E-state index is 8.97. The van der Waals surface area contributed by atoms with E-state index >= 15 is 0 Å². The van der Waals surface area contributed by atoms with Crippen LogP contribution in [0.5, 0.6) is 0 Å². The Bertz CT molecular complexity index is 578. The fourth-order valence-electron chi connectivity index (χ4n) is 1.26. The Hall–Kier alpha value is -1.83. The molecule has 17 heavy (non-hydrogen) atoms. The van der Waals surface area contributed by atoms with Crippen LogP contribution in [0.4, 0.5) is 11.5 Å². The van der Waals surface area contributed by atoms with E-state index in [1.54, 1.807) is 0 Å². The van der Waals surface area contributed by atoms with Crippen molar-refractivity contribution in [1.82, 2.24) is 9.97 Å². The third-order valence-electron chi connectivity index (χ3n) is 1.99. The molecule has 0 aliphatic rings. The van der Waals surface area contributed by atoms with Gasteiger partial charge < -0.3 is 5.32 Å². The van der Waals surface area contributed by atoms with E-state index in [2.05, 4.69) is 15.3 Å². The summed E-state index contributed by atoms with van der Waals surface area (Å²) in [5.41, 5.74) is 0.953. The van der Waals surface area contributed by atoms with Gasteiger partial charge in [-0.1, -0.05) is 29.8 Å². The van der Waals surface area contributed by atoms with Crippen LogP contribution in [0.15, 0.2) is 30.3 Å². The average molecular weight is 265 g/mol. The van der Waals surface area contributed by atoms with Gasteiger partial charge >= 0.3 is 0 Å². The zero-order valence-electron chi connectivity index (χ0n) is 8.48. The highest BCUT2D eigenvalue weighted by atomic mass is 35.5. The summed E-state index contributed by atoms with van der Waals surface area (Å²) in [5, 5.41) is 12.0. The van der Waals surface area contributed by atoms with E-state index in [0.717, 1.165) is 5.69 Å². The summed E-state index contributed by atoms with van der Waals surface area (Å²) in [7, 11) is 0. The number of nitrogens with one attached hydrogen (secondary N) is 1. The molecule has 2 rings (SSSR count). The van der Waals surface area contributed by atoms with Crippen molar-refractivity contribution in [1.29, 1.82) is 5.26 Å². The van der Waals surface area contributed by atoms with Crippen LogP contribution in [0.25, 0.3) is 0 Å². The van der Waals surface area contributed by atoms with Crippen molar-refractivity contribution < 1.29 is 0 Å². The highest BCUT2D eigenvalue weighted by molar-refractivity contribution is 6.33. The monoisotopic (exact) mass is 264 g/mol. The Balaban J connectivity index is 2.43. The number of hydrogen-bond acceptors (Lipinski definition) is 4. The van der Waals surface area contributed by atoms with E-state index in [1.807, 2.05) is 36.4 Å². The van der Waals surface area contributed by atoms with Gasteiger partial charge in [-0.25, -0.2) is 4.98 Å². The summed E-state index contributed by atoms with van der Waals surface area (Å²) >= 11 is 11.5. The number of benzene rings is 1. The number of nitriles is 1. The van der Waals surface area contributed by atoms with Gasteiger partial charge in [0.15, 0.2) is 11.0 Å². The fourth-order valence-corrected chi connectivity index (χ4v) is 1.68. The van der Waals surface area contributed by atoms with Gasteiger partial charge in [0.05, 0.1) is 0 Å². The number of halogens is 2. The number of rotatable bonds is 2. The predicted molar refractivity (Wildman–Crippen MR) is 66.5 cm³/mol. The summed E-state index contributed by atoms with van der Waals surface area (Å²) < 4.78 is 0. The molecule has 0 aliphatic heterocycles. The van der Waals surface area contributed by atoms with Gasteiger partial charge in [-0.05, 0) is 23.7 Å². The molecular weight excluding hydrogens is 259 g/mol. The fraction of sp³-hybridized carbons (Fsp3) is 0. The van der Waals surface area contributed by atoms with Gasteiger partial charge in [-0.3, -0.25) is 0 Å². The molecule has 2 aromatic rings. The molecule has 0 radical (unpaired) electrons. The lowest BCUT2D eigenvalue weighted by atomic mass is 10.3. The highest BCUT2D eigenvalue weighted by Gasteiger charge is 2.11. The van der Waals surface area contributed by atoms with Crippen molar-refractivity contribution in [3.63, 3.8) is 0 Å². The molecule has 0 amide bonds. The molecule has 0 unspecified atom stereocenters. The van der Waals surface area contributed by atoms with Crippen LogP contribution in [-0.2, 0) is 0 Å². The molecule has 6 heteroatoms. The Morgan fingerprint density at radius 1 is 1.12 bits per heavy atom. The van der Waals surface area contributed by atoms with E-state index in [1.165, 1.54) is 0 Å².